The van der Waals surface area contributed by atoms with Crippen LogP contribution in [0.25, 0.3) is 5.76 Å². The van der Waals surface area contributed by atoms with Crippen LogP contribution >= 0.6 is 0 Å². The highest BCUT2D eigenvalue weighted by Crippen LogP contribution is 2.37. The highest BCUT2D eigenvalue weighted by atomic mass is 19.2. The first-order valence-corrected chi connectivity index (χ1v) is 7.62. The minimum Gasteiger partial charge on any atom is -0.395 e. The van der Waals surface area contributed by atoms with Crippen LogP contribution in [-0.4, -0.2) is 17.4 Å². The Balaban J connectivity index is 2.61. The predicted molar refractivity (Wildman–Crippen MR) is 98.0 cm³/mol. The fraction of sp³-hybridized carbons (Fsp3) is 0.222. The number of halogens is 2. The zero-order valence-corrected chi connectivity index (χ0v) is 14.4. The molecule has 0 saturated heterocycles. The van der Waals surface area contributed by atoms with Gasteiger partial charge in [0.15, 0.2) is 23.2 Å². The Labute approximate surface area is 145 Å². The number of aromatic amines is 1. The van der Waals surface area contributed by atoms with E-state index in [2.05, 4.69) is 21.8 Å². The van der Waals surface area contributed by atoms with Crippen LogP contribution in [0.15, 0.2) is 57.4 Å². The summed E-state index contributed by atoms with van der Waals surface area (Å²) in [6.07, 6.45) is 6.16. The quantitative estimate of drug-likeness (QED) is 0.441. The molecular weight excluding hydrogens is 326 g/mol. The van der Waals surface area contributed by atoms with Crippen molar-refractivity contribution in [2.45, 2.75) is 27.2 Å². The van der Waals surface area contributed by atoms with E-state index in [9.17, 15) is 8.78 Å². The van der Waals surface area contributed by atoms with Crippen molar-refractivity contribution >= 4 is 29.7 Å². The highest BCUT2D eigenvalue weighted by Gasteiger charge is 2.22. The van der Waals surface area contributed by atoms with E-state index in [4.69, 9.17) is 10.6 Å². The molecule has 0 bridgehead atoms. The number of nitrogens with two attached hydrogens (primary N) is 1. The van der Waals surface area contributed by atoms with Gasteiger partial charge in [0, 0.05) is 29.8 Å². The van der Waals surface area contributed by atoms with Crippen LogP contribution in [0.4, 0.5) is 20.3 Å². The van der Waals surface area contributed by atoms with Crippen LogP contribution in [0.1, 0.15) is 32.8 Å². The van der Waals surface area contributed by atoms with Crippen molar-refractivity contribution in [1.29, 1.82) is 0 Å². The topological polar surface area (TPSA) is 75.8 Å². The van der Waals surface area contributed by atoms with Crippen molar-refractivity contribution in [2.24, 2.45) is 10.1 Å². The molecule has 3 N–H and O–H groups in total. The third kappa shape index (κ3) is 3.93. The number of H-pyrrole nitrogens is 1. The number of hydrogen-bond acceptors (Lipinski definition) is 4. The van der Waals surface area contributed by atoms with Gasteiger partial charge in [-0.15, -0.1) is 0 Å². The lowest BCUT2D eigenvalue weighted by Crippen LogP contribution is -1.98. The van der Waals surface area contributed by atoms with E-state index in [1.165, 1.54) is 6.08 Å². The molecule has 1 aromatic heterocycles. The van der Waals surface area contributed by atoms with Crippen LogP contribution < -0.4 is 5.73 Å². The van der Waals surface area contributed by atoms with Gasteiger partial charge in [0.1, 0.15) is 0 Å². The largest absolute Gasteiger partial charge is 0.395 e. The van der Waals surface area contributed by atoms with E-state index >= 15 is 0 Å². The number of hydrogen-bond donors (Lipinski definition) is 2. The lowest BCUT2D eigenvalue weighted by molar-refractivity contribution is 0.300. The molecule has 7 heteroatoms. The second-order valence-electron chi connectivity index (χ2n) is 5.62. The molecule has 0 spiro atoms. The molecule has 5 nitrogen and oxygen atoms in total. The molecule has 1 aliphatic carbocycles. The predicted octanol–water partition coefficient (Wildman–Crippen LogP) is 5.11. The van der Waals surface area contributed by atoms with E-state index in [0.29, 0.717) is 29.1 Å². The van der Waals surface area contributed by atoms with E-state index < -0.39 is 11.7 Å². The van der Waals surface area contributed by atoms with Crippen LogP contribution in [0.5, 0.6) is 0 Å². The van der Waals surface area contributed by atoms with Crippen LogP contribution in [0.3, 0.4) is 0 Å². The fourth-order valence-corrected chi connectivity index (χ4v) is 2.40. The maximum absolute atomic E-state index is 14.3. The van der Waals surface area contributed by atoms with Gasteiger partial charge in [-0.1, -0.05) is 17.3 Å². The van der Waals surface area contributed by atoms with Crippen LogP contribution in [0, 0.1) is 0 Å². The molecule has 0 unspecified atom stereocenters. The molecule has 132 valence electrons. The Bertz CT molecular complexity index is 837. The summed E-state index contributed by atoms with van der Waals surface area (Å²) in [7, 11) is 0. The minimum atomic E-state index is -0.965. The number of allylic oxidation sites excluding steroid dienone is 7. The number of anilines is 1. The van der Waals surface area contributed by atoms with E-state index in [1.807, 2.05) is 13.8 Å². The molecule has 1 aromatic rings. The molecule has 0 radical (unpaired) electrons. The van der Waals surface area contributed by atoms with E-state index in [-0.39, 0.29) is 11.3 Å². The third-order valence-electron chi connectivity index (χ3n) is 3.55. The van der Waals surface area contributed by atoms with Crippen LogP contribution in [-0.2, 0) is 4.84 Å². The smallest absolute Gasteiger partial charge is 0.172 e. The second-order valence-corrected chi connectivity index (χ2v) is 5.62. The van der Waals surface area contributed by atoms with Gasteiger partial charge in [-0.05, 0) is 33.3 Å². The first-order chi connectivity index (χ1) is 11.9. The molecule has 1 aliphatic rings. The first kappa shape index (κ1) is 18.4. The number of nitrogen functional groups attached to an aromatic ring is 1. The fourth-order valence-electron chi connectivity index (χ4n) is 2.40. The van der Waals surface area contributed by atoms with Crippen molar-refractivity contribution < 1.29 is 13.6 Å². The Morgan fingerprint density at radius 1 is 1.32 bits per heavy atom. The SMILES string of the molecule is C=NO/C(=C(\C)C1=CCC=CC(F)=C1F)c1c[nH]c(N=C(C)C)c1N. The molecule has 0 atom stereocenters. The Kier molecular flexibility index (Phi) is 5.69. The summed E-state index contributed by atoms with van der Waals surface area (Å²) < 4.78 is 28.1. The van der Waals surface area contributed by atoms with Crippen molar-refractivity contribution in [1.82, 2.24) is 4.98 Å². The molecular formula is C18H20F2N4O. The lowest BCUT2D eigenvalue weighted by atomic mass is 10.0. The molecule has 25 heavy (non-hydrogen) atoms. The number of oxime groups is 1. The maximum Gasteiger partial charge on any atom is 0.172 e. The van der Waals surface area contributed by atoms with Gasteiger partial charge >= 0.3 is 0 Å². The van der Waals surface area contributed by atoms with Gasteiger partial charge < -0.3 is 15.6 Å². The summed E-state index contributed by atoms with van der Waals surface area (Å²) in [6.45, 7) is 8.56. The van der Waals surface area contributed by atoms with Gasteiger partial charge in [-0.2, -0.15) is 0 Å². The van der Waals surface area contributed by atoms with Gasteiger partial charge in [-0.25, -0.2) is 13.8 Å². The zero-order chi connectivity index (χ0) is 18.6. The summed E-state index contributed by atoms with van der Waals surface area (Å²) in [5.74, 6) is -1.28. The normalized spacial score (nSPS) is 15.3. The highest BCUT2D eigenvalue weighted by molar-refractivity contribution is 5.87. The van der Waals surface area contributed by atoms with Gasteiger partial charge in [-0.3, -0.25) is 0 Å². The number of nitrogens with one attached hydrogen (secondary N) is 1. The van der Waals surface area contributed by atoms with Gasteiger partial charge in [0.25, 0.3) is 0 Å². The summed E-state index contributed by atoms with van der Waals surface area (Å²) in [6, 6.07) is 0. The average Bonchev–Trinajstić information content (AvgIpc) is 2.81. The van der Waals surface area contributed by atoms with E-state index in [1.54, 1.807) is 19.2 Å². The molecule has 0 aromatic carbocycles. The monoisotopic (exact) mass is 346 g/mol. The molecule has 0 amide bonds. The number of aliphatic imine (C=N–C) groups is 1. The number of aromatic nitrogens is 1. The summed E-state index contributed by atoms with van der Waals surface area (Å²) in [5, 5.41) is 3.42. The second kappa shape index (κ2) is 7.74. The first-order valence-electron chi connectivity index (χ1n) is 7.62. The summed E-state index contributed by atoms with van der Waals surface area (Å²) in [4.78, 5) is 12.5. The minimum absolute atomic E-state index is 0.0819. The summed E-state index contributed by atoms with van der Waals surface area (Å²) >= 11 is 0. The Hall–Kier alpha value is -2.96. The Morgan fingerprint density at radius 2 is 2.04 bits per heavy atom. The van der Waals surface area contributed by atoms with Crippen molar-refractivity contribution in [3.63, 3.8) is 0 Å². The number of nitrogens with zero attached hydrogens (tertiary/aromatic N) is 2. The zero-order valence-electron chi connectivity index (χ0n) is 14.4. The van der Waals surface area contributed by atoms with E-state index in [0.717, 1.165) is 11.8 Å². The average molecular weight is 346 g/mol. The summed E-state index contributed by atoms with van der Waals surface area (Å²) in [5.41, 5.74) is 8.11. The Morgan fingerprint density at radius 3 is 2.68 bits per heavy atom. The van der Waals surface area contributed by atoms with Crippen LogP contribution in [0.2, 0.25) is 0 Å². The molecule has 1 heterocycles. The molecule has 2 rings (SSSR count). The van der Waals surface area contributed by atoms with Gasteiger partial charge in [0.2, 0.25) is 0 Å². The molecule has 0 aliphatic heterocycles. The standard InChI is InChI=1S/C18H20F2N4O/c1-10(2)24-18-16(21)13(9-23-18)17(25-22-4)11(3)12-7-5-6-8-14(19)15(12)20/h6-9,23H,4-5,21H2,1-3H3/b17-11+. The third-order valence-corrected chi connectivity index (χ3v) is 3.55. The van der Waals surface area contributed by atoms with Crippen molar-refractivity contribution in [2.75, 3.05) is 5.73 Å². The molecule has 0 fully saturated rings. The lowest BCUT2D eigenvalue weighted by Gasteiger charge is -2.12. The van der Waals surface area contributed by atoms with Crippen molar-refractivity contribution in [3.8, 4) is 0 Å². The van der Waals surface area contributed by atoms with Gasteiger partial charge in [0.05, 0.1) is 11.3 Å². The maximum atomic E-state index is 14.3. The molecule has 0 saturated carbocycles. The van der Waals surface area contributed by atoms with Crippen molar-refractivity contribution in [3.05, 3.63) is 52.8 Å². The number of rotatable bonds is 5.